The molecule has 1 heterocycles. The first-order valence-electron chi connectivity index (χ1n) is 13.5. The van der Waals surface area contributed by atoms with Crippen LogP contribution in [-0.4, -0.2) is 75.9 Å². The van der Waals surface area contributed by atoms with Gasteiger partial charge in [0.2, 0.25) is 0 Å². The molecule has 1 saturated heterocycles. The summed E-state index contributed by atoms with van der Waals surface area (Å²) in [5, 5.41) is 27.7. The van der Waals surface area contributed by atoms with E-state index in [0.717, 1.165) is 10.5 Å². The van der Waals surface area contributed by atoms with Crippen molar-refractivity contribution in [1.82, 2.24) is 4.90 Å². The molecule has 232 valence electrons. The number of carbonyl (C=O) groups excluding carboxylic acids is 1. The van der Waals surface area contributed by atoms with Crippen molar-refractivity contribution in [2.45, 2.75) is 44.0 Å². The summed E-state index contributed by atoms with van der Waals surface area (Å²) in [6.07, 6.45) is -7.91. The molecule has 12 nitrogen and oxygen atoms in total. The summed E-state index contributed by atoms with van der Waals surface area (Å²) in [5.74, 6) is -3.42. The Kier molecular flexibility index (Phi) is 10.1. The Morgan fingerprint density at radius 2 is 1.57 bits per heavy atom. The molecule has 44 heavy (non-hydrogen) atoms. The van der Waals surface area contributed by atoms with E-state index in [-0.39, 0.29) is 0 Å². The number of hydrogen-bond acceptors (Lipinski definition) is 8. The van der Waals surface area contributed by atoms with Crippen molar-refractivity contribution in [3.63, 3.8) is 0 Å². The molecule has 3 N–H and O–H groups in total. The van der Waals surface area contributed by atoms with Gasteiger partial charge >= 0.3 is 24.4 Å². The minimum atomic E-state index is -3.08. The van der Waals surface area contributed by atoms with Gasteiger partial charge in [-0.05, 0) is 42.5 Å². The second-order valence-electron chi connectivity index (χ2n) is 9.99. The molecule has 0 spiro atoms. The van der Waals surface area contributed by atoms with Crippen molar-refractivity contribution < 1.29 is 57.8 Å². The number of aryl methyl sites for hydroxylation is 1. The van der Waals surface area contributed by atoms with Crippen LogP contribution < -0.4 is 0 Å². The highest BCUT2D eigenvalue weighted by Crippen LogP contribution is 2.34. The fourth-order valence-corrected chi connectivity index (χ4v) is 5.12. The summed E-state index contributed by atoms with van der Waals surface area (Å²) in [4.78, 5) is 48.8. The van der Waals surface area contributed by atoms with E-state index in [4.69, 9.17) is 19.7 Å². The van der Waals surface area contributed by atoms with Crippen LogP contribution in [0, 0.1) is 5.82 Å². The van der Waals surface area contributed by atoms with Crippen molar-refractivity contribution in [3.8, 4) is 11.1 Å². The zero-order valence-electron chi connectivity index (χ0n) is 23.5. The second kappa shape index (κ2) is 14.0. The van der Waals surface area contributed by atoms with Crippen LogP contribution in [0.2, 0.25) is 0 Å². The van der Waals surface area contributed by atoms with Crippen LogP contribution in [0.1, 0.15) is 30.4 Å². The molecule has 0 bridgehead atoms. The van der Waals surface area contributed by atoms with Crippen LogP contribution in [0.4, 0.5) is 14.0 Å². The predicted octanol–water partition coefficient (Wildman–Crippen LogP) is 4.93. The third-order valence-corrected chi connectivity index (χ3v) is 7.15. The lowest BCUT2D eigenvalue weighted by molar-refractivity contribution is -0.427. The Morgan fingerprint density at radius 1 is 0.955 bits per heavy atom. The lowest BCUT2D eigenvalue weighted by Crippen LogP contribution is -2.50. The molecular formula is C31H30FNO11. The van der Waals surface area contributed by atoms with Crippen LogP contribution in [0.5, 0.6) is 0 Å². The van der Waals surface area contributed by atoms with E-state index >= 15 is 4.39 Å². The number of benzene rings is 3. The molecule has 3 aromatic rings. The maximum absolute atomic E-state index is 15.5. The normalized spacial score (nSPS) is 16.8. The standard InChI is InChI=1S/C31H30FNO11/c1-19(33(17-27(34)35)28(36)26-18-41-31(42-26,43-29(37)38)44-30(39)40)23(14-12-20-8-4-2-5-9-20)22-13-15-24(25(32)16-22)21-10-6-3-7-11-21/h2-11,13,15-16,19,23,26H,12,14,17-18H2,1H3,(H,34,35)(H,37,38)(H,39,40)/t19-,23+,26+/m1/s1. The Labute approximate surface area is 251 Å². The summed E-state index contributed by atoms with van der Waals surface area (Å²) in [7, 11) is 0. The quantitative estimate of drug-likeness (QED) is 0.188. The lowest BCUT2D eigenvalue weighted by Gasteiger charge is -2.35. The van der Waals surface area contributed by atoms with Gasteiger partial charge < -0.3 is 29.7 Å². The van der Waals surface area contributed by atoms with E-state index in [1.54, 1.807) is 43.3 Å². The Balaban J connectivity index is 1.66. The first-order chi connectivity index (χ1) is 21.0. The zero-order valence-corrected chi connectivity index (χ0v) is 23.5. The average Bonchev–Trinajstić information content (AvgIpc) is 3.38. The number of carbonyl (C=O) groups is 4. The molecular weight excluding hydrogens is 581 g/mol. The minimum Gasteiger partial charge on any atom is -0.480 e. The van der Waals surface area contributed by atoms with Gasteiger partial charge in [0.15, 0.2) is 6.10 Å². The van der Waals surface area contributed by atoms with Crippen molar-refractivity contribution in [2.24, 2.45) is 0 Å². The Morgan fingerprint density at radius 3 is 2.14 bits per heavy atom. The lowest BCUT2D eigenvalue weighted by atomic mass is 9.85. The monoisotopic (exact) mass is 611 g/mol. The van der Waals surface area contributed by atoms with E-state index in [1.165, 1.54) is 6.07 Å². The molecule has 1 aliphatic rings. The highest BCUT2D eigenvalue weighted by molar-refractivity contribution is 5.85. The summed E-state index contributed by atoms with van der Waals surface area (Å²) in [6.45, 7) is 0.0836. The van der Waals surface area contributed by atoms with Gasteiger partial charge in [-0.15, -0.1) is 0 Å². The number of carboxylic acid groups (broad SMARTS) is 3. The fraction of sp³-hybridized carbons (Fsp3) is 0.290. The first kappa shape index (κ1) is 31.9. The van der Waals surface area contributed by atoms with Gasteiger partial charge in [0.25, 0.3) is 5.91 Å². The van der Waals surface area contributed by atoms with Gasteiger partial charge in [0.1, 0.15) is 12.4 Å². The molecule has 0 aromatic heterocycles. The highest BCUT2D eigenvalue weighted by Gasteiger charge is 2.54. The highest BCUT2D eigenvalue weighted by atomic mass is 19.1. The van der Waals surface area contributed by atoms with Crippen LogP contribution >= 0.6 is 0 Å². The minimum absolute atomic E-state index is 0.368. The van der Waals surface area contributed by atoms with Gasteiger partial charge in [0, 0.05) is 17.5 Å². The molecule has 13 heteroatoms. The largest absolute Gasteiger partial charge is 0.519 e. The summed E-state index contributed by atoms with van der Waals surface area (Å²) < 4.78 is 34.3. The first-order valence-corrected chi connectivity index (χ1v) is 13.5. The number of amides is 1. The van der Waals surface area contributed by atoms with E-state index in [9.17, 15) is 24.3 Å². The predicted molar refractivity (Wildman–Crippen MR) is 150 cm³/mol. The summed E-state index contributed by atoms with van der Waals surface area (Å²) >= 11 is 0. The molecule has 1 fully saturated rings. The third kappa shape index (κ3) is 7.88. The molecule has 0 unspecified atom stereocenters. The van der Waals surface area contributed by atoms with Crippen molar-refractivity contribution >= 4 is 24.2 Å². The topological polar surface area (TPSA) is 169 Å². The Bertz CT molecular complexity index is 1470. The number of hydrogen-bond donors (Lipinski definition) is 3. The molecule has 1 aliphatic heterocycles. The third-order valence-electron chi connectivity index (χ3n) is 7.15. The van der Waals surface area contributed by atoms with Gasteiger partial charge in [-0.1, -0.05) is 72.8 Å². The van der Waals surface area contributed by atoms with E-state index in [2.05, 4.69) is 9.47 Å². The van der Waals surface area contributed by atoms with Crippen LogP contribution in [-0.2, 0) is 35.0 Å². The molecule has 0 radical (unpaired) electrons. The number of rotatable bonds is 12. The van der Waals surface area contributed by atoms with E-state index in [0.29, 0.717) is 29.5 Å². The fourth-order valence-electron chi connectivity index (χ4n) is 5.12. The molecule has 1 amide bonds. The number of carboxylic acids is 1. The van der Waals surface area contributed by atoms with Crippen molar-refractivity contribution in [1.29, 1.82) is 0 Å². The second-order valence-corrected chi connectivity index (χ2v) is 9.99. The number of ether oxygens (including phenoxy) is 4. The summed E-state index contributed by atoms with van der Waals surface area (Å²) in [6, 6.07) is 22.2. The van der Waals surface area contributed by atoms with Gasteiger partial charge in [-0.25, -0.2) is 14.0 Å². The maximum atomic E-state index is 15.5. The van der Waals surface area contributed by atoms with Gasteiger partial charge in [-0.3, -0.25) is 19.1 Å². The van der Waals surface area contributed by atoms with E-state index in [1.807, 2.05) is 36.4 Å². The van der Waals surface area contributed by atoms with Crippen molar-refractivity contribution in [2.75, 3.05) is 13.2 Å². The number of nitrogens with zero attached hydrogens (tertiary/aromatic N) is 1. The summed E-state index contributed by atoms with van der Waals surface area (Å²) in [5.41, 5.74) is 2.51. The van der Waals surface area contributed by atoms with Crippen LogP contribution in [0.15, 0.2) is 78.9 Å². The molecule has 3 atom stereocenters. The maximum Gasteiger partial charge on any atom is 0.519 e. The van der Waals surface area contributed by atoms with E-state index < -0.39 is 67.4 Å². The average molecular weight is 612 g/mol. The van der Waals surface area contributed by atoms with Gasteiger partial charge in [-0.2, -0.15) is 0 Å². The number of halogens is 1. The van der Waals surface area contributed by atoms with Gasteiger partial charge in [0.05, 0.1) is 6.61 Å². The zero-order chi connectivity index (χ0) is 31.9. The molecule has 3 aromatic carbocycles. The molecule has 4 rings (SSSR count). The van der Waals surface area contributed by atoms with Crippen LogP contribution in [0.25, 0.3) is 11.1 Å². The molecule has 0 saturated carbocycles. The van der Waals surface area contributed by atoms with Crippen molar-refractivity contribution in [3.05, 3.63) is 95.8 Å². The number of aliphatic carboxylic acids is 1. The smallest absolute Gasteiger partial charge is 0.480 e. The van der Waals surface area contributed by atoms with Crippen LogP contribution in [0.3, 0.4) is 0 Å². The SMILES string of the molecule is C[C@H]([C@H](CCc1ccccc1)c1ccc(-c2ccccc2)c(F)c1)N(CC(=O)O)C(=O)[C@@H]1COC(OC(=O)O)(OC(=O)O)O1. The Hall–Kier alpha value is -5.01. The molecule has 0 aliphatic carbocycles.